The number of nitrogens with one attached hydrogen (secondary N) is 1. The Morgan fingerprint density at radius 2 is 2.10 bits per heavy atom. The summed E-state index contributed by atoms with van der Waals surface area (Å²) >= 11 is 0. The van der Waals surface area contributed by atoms with Gasteiger partial charge in [-0.2, -0.15) is 0 Å². The summed E-state index contributed by atoms with van der Waals surface area (Å²) in [4.78, 5) is 0. The molecule has 118 valence electrons. The number of benzene rings is 1. The summed E-state index contributed by atoms with van der Waals surface area (Å²) in [5, 5.41) is 0. The zero-order valence-electron chi connectivity index (χ0n) is 13.3. The number of aryl methyl sites for hydroxylation is 1. The van der Waals surface area contributed by atoms with E-state index in [0.29, 0.717) is 12.2 Å². The second-order valence-electron chi connectivity index (χ2n) is 6.29. The minimum Gasteiger partial charge on any atom is -0.373 e. The van der Waals surface area contributed by atoms with Gasteiger partial charge < -0.3 is 4.74 Å². The topological polar surface area (TPSA) is 47.3 Å². The van der Waals surface area contributed by atoms with Crippen molar-refractivity contribution in [3.05, 3.63) is 35.1 Å². The number of nitrogens with two attached hydrogens (primary N) is 1. The predicted octanol–water partition coefficient (Wildman–Crippen LogP) is 3.62. The van der Waals surface area contributed by atoms with Crippen LogP contribution in [0.25, 0.3) is 0 Å². The minimum atomic E-state index is -0.291. The number of rotatable bonds is 5. The largest absolute Gasteiger partial charge is 0.373 e. The highest BCUT2D eigenvalue weighted by Gasteiger charge is 2.42. The smallest absolute Gasteiger partial charge is 0.126 e. The molecule has 0 bridgehead atoms. The molecule has 1 aliphatic carbocycles. The number of ether oxygens (including phenoxy) is 1. The lowest BCUT2D eigenvalue weighted by molar-refractivity contribution is -0.0977. The SMILES string of the molecule is CCOC1(C(NN)c2ccc(F)c(C)c2)CCC(C)CC1. The first-order valence-corrected chi connectivity index (χ1v) is 7.88. The third-order valence-electron chi connectivity index (χ3n) is 4.76. The number of hydrogen-bond donors (Lipinski definition) is 2. The molecule has 2 rings (SSSR count). The van der Waals surface area contributed by atoms with Crippen molar-refractivity contribution in [2.45, 2.75) is 58.1 Å². The van der Waals surface area contributed by atoms with Crippen LogP contribution in [-0.4, -0.2) is 12.2 Å². The fourth-order valence-corrected chi connectivity index (χ4v) is 3.45. The van der Waals surface area contributed by atoms with Gasteiger partial charge in [0.05, 0.1) is 11.6 Å². The van der Waals surface area contributed by atoms with Crippen LogP contribution in [0.1, 0.15) is 56.7 Å². The van der Waals surface area contributed by atoms with Crippen LogP contribution in [0.15, 0.2) is 18.2 Å². The molecule has 1 saturated carbocycles. The summed E-state index contributed by atoms with van der Waals surface area (Å²) in [6, 6.07) is 5.09. The Bertz CT molecular complexity index is 470. The van der Waals surface area contributed by atoms with E-state index in [1.54, 1.807) is 6.92 Å². The van der Waals surface area contributed by atoms with Gasteiger partial charge in [-0.1, -0.05) is 19.1 Å². The monoisotopic (exact) mass is 294 g/mol. The van der Waals surface area contributed by atoms with E-state index < -0.39 is 0 Å². The lowest BCUT2D eigenvalue weighted by Crippen LogP contribution is -2.50. The molecule has 0 saturated heterocycles. The summed E-state index contributed by atoms with van der Waals surface area (Å²) in [5.41, 5.74) is 4.28. The average Bonchev–Trinajstić information content (AvgIpc) is 2.47. The molecule has 1 aliphatic rings. The standard InChI is InChI=1S/C17H27FN2O/c1-4-21-17(9-7-12(2)8-10-17)16(20-19)14-5-6-15(18)13(3)11-14/h5-6,11-12,16,20H,4,7-10,19H2,1-3H3. The van der Waals surface area contributed by atoms with Crippen LogP contribution >= 0.6 is 0 Å². The molecule has 1 unspecified atom stereocenters. The van der Waals surface area contributed by atoms with Crippen molar-refractivity contribution in [2.24, 2.45) is 11.8 Å². The van der Waals surface area contributed by atoms with Gasteiger partial charge in [0, 0.05) is 6.61 Å². The molecule has 4 heteroatoms. The highest BCUT2D eigenvalue weighted by atomic mass is 19.1. The van der Waals surface area contributed by atoms with Crippen molar-refractivity contribution in [2.75, 3.05) is 6.61 Å². The Kier molecular flexibility index (Phi) is 5.36. The molecular formula is C17H27FN2O. The van der Waals surface area contributed by atoms with Crippen molar-refractivity contribution >= 4 is 0 Å². The van der Waals surface area contributed by atoms with Crippen LogP contribution in [0.4, 0.5) is 4.39 Å². The van der Waals surface area contributed by atoms with Crippen molar-refractivity contribution < 1.29 is 9.13 Å². The Morgan fingerprint density at radius 3 is 2.62 bits per heavy atom. The predicted molar refractivity (Wildman–Crippen MR) is 83.2 cm³/mol. The molecule has 3 nitrogen and oxygen atoms in total. The van der Waals surface area contributed by atoms with Gasteiger partial charge in [-0.15, -0.1) is 0 Å². The zero-order valence-corrected chi connectivity index (χ0v) is 13.3. The van der Waals surface area contributed by atoms with Gasteiger partial charge in [0.1, 0.15) is 5.82 Å². The summed E-state index contributed by atoms with van der Waals surface area (Å²) in [5.74, 6) is 6.40. The Labute approximate surface area is 127 Å². The third-order valence-corrected chi connectivity index (χ3v) is 4.76. The van der Waals surface area contributed by atoms with Crippen LogP contribution in [0, 0.1) is 18.7 Å². The summed E-state index contributed by atoms with van der Waals surface area (Å²) in [6.45, 7) is 6.74. The van der Waals surface area contributed by atoms with E-state index in [-0.39, 0.29) is 17.5 Å². The van der Waals surface area contributed by atoms with Crippen molar-refractivity contribution in [3.63, 3.8) is 0 Å². The Balaban J connectivity index is 2.33. The first kappa shape index (κ1) is 16.4. The van der Waals surface area contributed by atoms with E-state index in [2.05, 4.69) is 12.3 Å². The zero-order chi connectivity index (χ0) is 15.5. The fraction of sp³-hybridized carbons (Fsp3) is 0.647. The van der Waals surface area contributed by atoms with Crippen LogP contribution in [0.2, 0.25) is 0 Å². The van der Waals surface area contributed by atoms with Gasteiger partial charge in [-0.25, -0.2) is 4.39 Å². The van der Waals surface area contributed by atoms with Crippen molar-refractivity contribution in [1.29, 1.82) is 0 Å². The quantitative estimate of drug-likeness (QED) is 0.644. The molecule has 0 aromatic heterocycles. The summed E-state index contributed by atoms with van der Waals surface area (Å²) in [6.07, 6.45) is 4.23. The number of halogens is 1. The second kappa shape index (κ2) is 6.86. The molecule has 0 spiro atoms. The normalized spacial score (nSPS) is 27.6. The summed E-state index contributed by atoms with van der Waals surface area (Å²) < 4.78 is 19.7. The fourth-order valence-electron chi connectivity index (χ4n) is 3.45. The minimum absolute atomic E-state index is 0.107. The molecule has 0 aliphatic heterocycles. The van der Waals surface area contributed by atoms with Gasteiger partial charge in [-0.3, -0.25) is 11.3 Å². The molecule has 1 atom stereocenters. The highest BCUT2D eigenvalue weighted by Crippen LogP contribution is 2.43. The Hall–Kier alpha value is -0.970. The number of hydrogen-bond acceptors (Lipinski definition) is 3. The van der Waals surface area contributed by atoms with E-state index in [1.165, 1.54) is 6.07 Å². The van der Waals surface area contributed by atoms with Gasteiger partial charge in [0.15, 0.2) is 0 Å². The lowest BCUT2D eigenvalue weighted by Gasteiger charge is -2.44. The first-order valence-electron chi connectivity index (χ1n) is 7.88. The lowest BCUT2D eigenvalue weighted by atomic mass is 9.73. The molecule has 3 N–H and O–H groups in total. The molecular weight excluding hydrogens is 267 g/mol. The van der Waals surface area contributed by atoms with E-state index in [4.69, 9.17) is 10.6 Å². The van der Waals surface area contributed by atoms with E-state index >= 15 is 0 Å². The van der Waals surface area contributed by atoms with Gasteiger partial charge in [0.25, 0.3) is 0 Å². The molecule has 1 fully saturated rings. The maximum Gasteiger partial charge on any atom is 0.126 e. The van der Waals surface area contributed by atoms with Crippen molar-refractivity contribution in [3.8, 4) is 0 Å². The molecule has 0 heterocycles. The molecule has 21 heavy (non-hydrogen) atoms. The van der Waals surface area contributed by atoms with Gasteiger partial charge in [0.2, 0.25) is 0 Å². The second-order valence-corrected chi connectivity index (χ2v) is 6.29. The highest BCUT2D eigenvalue weighted by molar-refractivity contribution is 5.29. The molecule has 1 aromatic rings. The molecule has 0 radical (unpaired) electrons. The number of hydrazine groups is 1. The van der Waals surface area contributed by atoms with Crippen LogP contribution in [0.5, 0.6) is 0 Å². The third kappa shape index (κ3) is 3.44. The van der Waals surface area contributed by atoms with Crippen LogP contribution in [-0.2, 0) is 4.74 Å². The van der Waals surface area contributed by atoms with Gasteiger partial charge >= 0.3 is 0 Å². The molecule has 1 aromatic carbocycles. The molecule has 0 amide bonds. The van der Waals surface area contributed by atoms with E-state index in [1.807, 2.05) is 19.1 Å². The van der Waals surface area contributed by atoms with E-state index in [9.17, 15) is 4.39 Å². The van der Waals surface area contributed by atoms with Crippen molar-refractivity contribution in [1.82, 2.24) is 5.43 Å². The van der Waals surface area contributed by atoms with E-state index in [0.717, 1.165) is 37.2 Å². The first-order chi connectivity index (χ1) is 10.0. The van der Waals surface area contributed by atoms with Crippen LogP contribution in [0.3, 0.4) is 0 Å². The Morgan fingerprint density at radius 1 is 1.43 bits per heavy atom. The maximum atomic E-state index is 13.5. The van der Waals surface area contributed by atoms with Crippen LogP contribution < -0.4 is 11.3 Å². The maximum absolute atomic E-state index is 13.5. The summed E-state index contributed by atoms with van der Waals surface area (Å²) in [7, 11) is 0. The average molecular weight is 294 g/mol. The van der Waals surface area contributed by atoms with Gasteiger partial charge in [-0.05, 0) is 62.6 Å².